The van der Waals surface area contributed by atoms with E-state index in [1.165, 1.54) is 0 Å². The highest BCUT2D eigenvalue weighted by atomic mass is 19.4. The highest BCUT2D eigenvalue weighted by Crippen LogP contribution is 2.40. The number of alkyl carbamates (subject to hydrolysis) is 1. The van der Waals surface area contributed by atoms with Crippen molar-refractivity contribution in [3.63, 3.8) is 0 Å². The summed E-state index contributed by atoms with van der Waals surface area (Å²) in [5, 5.41) is 2.26. The van der Waals surface area contributed by atoms with E-state index in [2.05, 4.69) is 5.32 Å². The van der Waals surface area contributed by atoms with Crippen molar-refractivity contribution >= 4 is 6.09 Å². The number of benzene rings is 1. The fourth-order valence-electron chi connectivity index (χ4n) is 1.68. The molecule has 0 aliphatic rings. The Kier molecular flexibility index (Phi) is 6.19. The minimum Gasteiger partial charge on any atom is -0.491 e. The first kappa shape index (κ1) is 20.9. The molecule has 0 radical (unpaired) electrons. The van der Waals surface area contributed by atoms with Crippen molar-refractivity contribution in [2.24, 2.45) is 0 Å². The molecule has 0 saturated heterocycles. The van der Waals surface area contributed by atoms with Crippen LogP contribution in [0.2, 0.25) is 0 Å². The SMILES string of the molecule is CC(C)(C)OC(=O)NCCOc1ccc(C(F)(F)F)cc1C(F)(F)F. The van der Waals surface area contributed by atoms with Crippen molar-refractivity contribution in [2.75, 3.05) is 13.2 Å². The van der Waals surface area contributed by atoms with Gasteiger partial charge in [-0.15, -0.1) is 0 Å². The third-order valence-corrected chi connectivity index (χ3v) is 2.64. The van der Waals surface area contributed by atoms with E-state index >= 15 is 0 Å². The van der Waals surface area contributed by atoms with Gasteiger partial charge in [0.1, 0.15) is 18.0 Å². The van der Waals surface area contributed by atoms with Gasteiger partial charge in [-0.1, -0.05) is 0 Å². The van der Waals surface area contributed by atoms with Crippen LogP contribution in [0.5, 0.6) is 5.75 Å². The Morgan fingerprint density at radius 1 is 1.04 bits per heavy atom. The van der Waals surface area contributed by atoms with E-state index in [1.807, 2.05) is 0 Å². The molecule has 1 N–H and O–H groups in total. The number of nitrogens with one attached hydrogen (secondary N) is 1. The topological polar surface area (TPSA) is 47.6 Å². The molecule has 4 nitrogen and oxygen atoms in total. The second kappa shape index (κ2) is 7.40. The van der Waals surface area contributed by atoms with Crippen molar-refractivity contribution in [2.45, 2.75) is 38.7 Å². The molecule has 1 aromatic carbocycles. The first-order valence-corrected chi connectivity index (χ1v) is 7.08. The summed E-state index contributed by atoms with van der Waals surface area (Å²) in [7, 11) is 0. The molecule has 10 heteroatoms. The number of halogens is 6. The lowest BCUT2D eigenvalue weighted by atomic mass is 10.1. The molecule has 0 spiro atoms. The summed E-state index contributed by atoms with van der Waals surface area (Å²) < 4.78 is 86.1. The van der Waals surface area contributed by atoms with Crippen LogP contribution >= 0.6 is 0 Å². The maximum Gasteiger partial charge on any atom is 0.419 e. The lowest BCUT2D eigenvalue weighted by Gasteiger charge is -2.20. The molecular weight excluding hydrogens is 356 g/mol. The second-order valence-electron chi connectivity index (χ2n) is 5.98. The van der Waals surface area contributed by atoms with Gasteiger partial charge in [0, 0.05) is 0 Å². The van der Waals surface area contributed by atoms with Gasteiger partial charge in [-0.25, -0.2) is 4.79 Å². The number of hydrogen-bond acceptors (Lipinski definition) is 3. The first-order valence-electron chi connectivity index (χ1n) is 7.08. The summed E-state index contributed by atoms with van der Waals surface area (Å²) in [6, 6.07) is 1.07. The van der Waals surface area contributed by atoms with Crippen LogP contribution in [0.1, 0.15) is 31.9 Å². The van der Waals surface area contributed by atoms with Gasteiger partial charge < -0.3 is 14.8 Å². The molecule has 0 unspecified atom stereocenters. The lowest BCUT2D eigenvalue weighted by molar-refractivity contribution is -0.143. The van der Waals surface area contributed by atoms with Crippen LogP contribution in [-0.4, -0.2) is 24.8 Å². The van der Waals surface area contributed by atoms with Crippen LogP contribution in [0.4, 0.5) is 31.1 Å². The summed E-state index contributed by atoms with van der Waals surface area (Å²) in [4.78, 5) is 11.4. The molecule has 1 rings (SSSR count). The quantitative estimate of drug-likeness (QED) is 0.619. The van der Waals surface area contributed by atoms with Crippen LogP contribution in [0.25, 0.3) is 0 Å². The molecular formula is C15H17F6NO3. The molecule has 0 aliphatic heterocycles. The molecule has 25 heavy (non-hydrogen) atoms. The zero-order chi connectivity index (χ0) is 19.5. The van der Waals surface area contributed by atoms with Gasteiger partial charge >= 0.3 is 18.4 Å². The van der Waals surface area contributed by atoms with E-state index < -0.39 is 40.9 Å². The number of ether oxygens (including phenoxy) is 2. The number of amides is 1. The van der Waals surface area contributed by atoms with Crippen molar-refractivity contribution in [3.05, 3.63) is 29.3 Å². The maximum absolute atomic E-state index is 12.9. The Labute approximate surface area is 140 Å². The summed E-state index contributed by atoms with van der Waals surface area (Å²) in [5.41, 5.74) is -3.72. The van der Waals surface area contributed by atoms with Gasteiger partial charge in [-0.05, 0) is 39.0 Å². The van der Waals surface area contributed by atoms with E-state index in [1.54, 1.807) is 20.8 Å². The molecule has 0 atom stereocenters. The molecule has 1 amide bonds. The lowest BCUT2D eigenvalue weighted by Crippen LogP contribution is -2.34. The minimum absolute atomic E-state index is 0.0172. The van der Waals surface area contributed by atoms with Gasteiger partial charge in [0.15, 0.2) is 0 Å². The standard InChI is InChI=1S/C15H17F6NO3/c1-13(2,3)25-12(23)22-6-7-24-11-5-4-9(14(16,17)18)8-10(11)15(19,20)21/h4-5,8H,6-7H2,1-3H3,(H,22,23). The second-order valence-corrected chi connectivity index (χ2v) is 5.98. The Balaban J connectivity index is 2.74. The number of hydrogen-bond donors (Lipinski definition) is 1. The smallest absolute Gasteiger partial charge is 0.419 e. The van der Waals surface area contributed by atoms with Gasteiger partial charge in [-0.2, -0.15) is 26.3 Å². The van der Waals surface area contributed by atoms with Crippen LogP contribution in [0, 0.1) is 0 Å². The normalized spacial score (nSPS) is 12.7. The third-order valence-electron chi connectivity index (χ3n) is 2.64. The van der Waals surface area contributed by atoms with Crippen LogP contribution in [0.15, 0.2) is 18.2 Å². The zero-order valence-electron chi connectivity index (χ0n) is 13.6. The molecule has 0 aromatic heterocycles. The number of alkyl halides is 6. The largest absolute Gasteiger partial charge is 0.491 e. The third kappa shape index (κ3) is 7.10. The van der Waals surface area contributed by atoms with E-state index in [-0.39, 0.29) is 19.2 Å². The molecule has 0 bridgehead atoms. The van der Waals surface area contributed by atoms with Gasteiger partial charge in [0.05, 0.1) is 17.7 Å². The van der Waals surface area contributed by atoms with Gasteiger partial charge in [0.2, 0.25) is 0 Å². The zero-order valence-corrected chi connectivity index (χ0v) is 13.6. The van der Waals surface area contributed by atoms with E-state index in [0.717, 1.165) is 0 Å². The highest BCUT2D eigenvalue weighted by molar-refractivity contribution is 5.67. The highest BCUT2D eigenvalue weighted by Gasteiger charge is 2.38. The number of carbonyl (C=O) groups is 1. The van der Waals surface area contributed by atoms with E-state index in [9.17, 15) is 31.1 Å². The summed E-state index contributed by atoms with van der Waals surface area (Å²) in [6.07, 6.45) is -10.7. The fourth-order valence-corrected chi connectivity index (χ4v) is 1.68. The molecule has 0 heterocycles. The van der Waals surface area contributed by atoms with Crippen molar-refractivity contribution < 1.29 is 40.6 Å². The molecule has 142 valence electrons. The monoisotopic (exact) mass is 373 g/mol. The van der Waals surface area contributed by atoms with Gasteiger partial charge in [-0.3, -0.25) is 0 Å². The minimum atomic E-state index is -5.02. The predicted octanol–water partition coefficient (Wildman–Crippen LogP) is 4.63. The molecule has 0 aliphatic carbocycles. The Morgan fingerprint density at radius 3 is 2.12 bits per heavy atom. The molecule has 0 fully saturated rings. The van der Waals surface area contributed by atoms with E-state index in [0.29, 0.717) is 12.1 Å². The summed E-state index contributed by atoms with van der Waals surface area (Å²) >= 11 is 0. The Hall–Kier alpha value is -2.13. The fraction of sp³-hybridized carbons (Fsp3) is 0.533. The summed E-state index contributed by atoms with van der Waals surface area (Å²) in [5.74, 6) is -0.758. The summed E-state index contributed by atoms with van der Waals surface area (Å²) in [6.45, 7) is 4.31. The number of carbonyl (C=O) groups excluding carboxylic acids is 1. The Morgan fingerprint density at radius 2 is 1.64 bits per heavy atom. The van der Waals surface area contributed by atoms with E-state index in [4.69, 9.17) is 9.47 Å². The van der Waals surface area contributed by atoms with Crippen molar-refractivity contribution in [1.82, 2.24) is 5.32 Å². The van der Waals surface area contributed by atoms with Crippen LogP contribution in [-0.2, 0) is 17.1 Å². The van der Waals surface area contributed by atoms with Crippen LogP contribution in [0.3, 0.4) is 0 Å². The number of rotatable bonds is 4. The first-order chi connectivity index (χ1) is 11.2. The molecule has 1 aromatic rings. The van der Waals surface area contributed by atoms with Gasteiger partial charge in [0.25, 0.3) is 0 Å². The molecule has 0 saturated carbocycles. The average molecular weight is 373 g/mol. The average Bonchev–Trinajstić information content (AvgIpc) is 2.39. The van der Waals surface area contributed by atoms with Crippen molar-refractivity contribution in [1.29, 1.82) is 0 Å². The van der Waals surface area contributed by atoms with Crippen molar-refractivity contribution in [3.8, 4) is 5.75 Å². The Bertz CT molecular complexity index is 605. The van der Waals surface area contributed by atoms with Crippen LogP contribution < -0.4 is 10.1 Å². The predicted molar refractivity (Wildman–Crippen MR) is 76.2 cm³/mol. The maximum atomic E-state index is 12.9.